The van der Waals surface area contributed by atoms with Crippen molar-refractivity contribution < 1.29 is 34.2 Å². The highest BCUT2D eigenvalue weighted by Crippen LogP contribution is 2.17. The fraction of sp³-hybridized carbons (Fsp3) is 0.848. The van der Waals surface area contributed by atoms with Gasteiger partial charge in [0, 0.05) is 38.1 Å². The summed E-state index contributed by atoms with van der Waals surface area (Å²) in [4.78, 5) is 59.0. The van der Waals surface area contributed by atoms with Crippen LogP contribution in [0.3, 0.4) is 0 Å². The molecule has 0 fully saturated rings. The van der Waals surface area contributed by atoms with Crippen molar-refractivity contribution in [1.29, 1.82) is 0 Å². The van der Waals surface area contributed by atoms with Crippen LogP contribution in [-0.4, -0.2) is 58.9 Å². The van der Waals surface area contributed by atoms with E-state index >= 15 is 0 Å². The monoisotopic (exact) mass is 611 g/mol. The molecule has 6 N–H and O–H groups in total. The van der Waals surface area contributed by atoms with E-state index in [9.17, 15) is 29.1 Å². The van der Waals surface area contributed by atoms with Crippen LogP contribution in [0.15, 0.2) is 0 Å². The van der Waals surface area contributed by atoms with Crippen LogP contribution in [0.5, 0.6) is 0 Å². The van der Waals surface area contributed by atoms with E-state index in [-0.39, 0.29) is 49.2 Å². The summed E-state index contributed by atoms with van der Waals surface area (Å²) >= 11 is 0. The third kappa shape index (κ3) is 25.7. The first-order chi connectivity index (χ1) is 20.7. The summed E-state index contributed by atoms with van der Waals surface area (Å²) in [6, 6.07) is -1.09. The summed E-state index contributed by atoms with van der Waals surface area (Å²) in [5.74, 6) is -2.80. The summed E-state index contributed by atoms with van der Waals surface area (Å²) < 4.78 is 0. The molecule has 0 saturated heterocycles. The molecule has 0 aromatic carbocycles. The molecule has 2 amide bonds. The molecule has 0 aliphatic rings. The quantitative estimate of drug-likeness (QED) is 0.0602. The van der Waals surface area contributed by atoms with E-state index in [4.69, 9.17) is 10.8 Å². The zero-order valence-electron chi connectivity index (χ0n) is 26.8. The molecule has 0 saturated carbocycles. The van der Waals surface area contributed by atoms with E-state index in [1.807, 2.05) is 0 Å². The van der Waals surface area contributed by atoms with Gasteiger partial charge < -0.3 is 26.6 Å². The Morgan fingerprint density at radius 1 is 0.605 bits per heavy atom. The summed E-state index contributed by atoms with van der Waals surface area (Å²) in [7, 11) is 0. The Hall–Kier alpha value is -2.49. The second kappa shape index (κ2) is 28.3. The van der Waals surface area contributed by atoms with E-state index in [0.717, 1.165) is 19.3 Å². The lowest BCUT2D eigenvalue weighted by atomic mass is 9.91. The minimum atomic E-state index is -1.15. The fourth-order valence-electron chi connectivity index (χ4n) is 5.22. The predicted octanol–water partition coefficient (Wildman–Crippen LogP) is 5.89. The Morgan fingerprint density at radius 2 is 1.19 bits per heavy atom. The maximum Gasteiger partial charge on any atom is 0.326 e. The van der Waals surface area contributed by atoms with Gasteiger partial charge in [-0.3, -0.25) is 19.2 Å². The number of hydrogen-bond acceptors (Lipinski definition) is 6. The zero-order chi connectivity index (χ0) is 32.1. The van der Waals surface area contributed by atoms with Gasteiger partial charge in [-0.15, -0.1) is 0 Å². The molecule has 43 heavy (non-hydrogen) atoms. The van der Waals surface area contributed by atoms with E-state index < -0.39 is 18.0 Å². The Labute approximate surface area is 259 Å². The number of nitrogens with one attached hydrogen (secondary N) is 2. The van der Waals surface area contributed by atoms with Gasteiger partial charge in [0.05, 0.1) is 0 Å². The number of carboxylic acids is 2. The van der Waals surface area contributed by atoms with Crippen LogP contribution in [0.2, 0.25) is 0 Å². The number of rotatable bonds is 31. The molecule has 0 aromatic heterocycles. The topological polar surface area (TPSA) is 176 Å². The Bertz CT molecular complexity index is 776. The lowest BCUT2D eigenvalue weighted by Gasteiger charge is -2.15. The van der Waals surface area contributed by atoms with Crippen LogP contribution >= 0.6 is 0 Å². The van der Waals surface area contributed by atoms with Crippen molar-refractivity contribution >= 4 is 29.5 Å². The van der Waals surface area contributed by atoms with E-state index in [1.165, 1.54) is 64.2 Å². The van der Waals surface area contributed by atoms with Crippen molar-refractivity contribution in [2.45, 2.75) is 161 Å². The van der Waals surface area contributed by atoms with Crippen LogP contribution < -0.4 is 16.4 Å². The molecule has 10 heteroatoms. The van der Waals surface area contributed by atoms with Gasteiger partial charge in [-0.25, -0.2) is 4.79 Å². The van der Waals surface area contributed by atoms with Crippen molar-refractivity contribution in [1.82, 2.24) is 10.6 Å². The fourth-order valence-corrected chi connectivity index (χ4v) is 5.22. The highest BCUT2D eigenvalue weighted by atomic mass is 16.4. The maximum absolute atomic E-state index is 12.3. The minimum Gasteiger partial charge on any atom is -0.481 e. The van der Waals surface area contributed by atoms with Gasteiger partial charge in [-0.1, -0.05) is 90.4 Å². The number of unbranched alkanes of at least 4 members (excludes halogenated alkanes) is 13. The number of aliphatic carboxylic acids is 2. The molecular formula is C33H61N3O7. The van der Waals surface area contributed by atoms with Crippen LogP contribution in [-0.2, 0) is 24.0 Å². The molecule has 0 unspecified atom stereocenters. The van der Waals surface area contributed by atoms with Crippen LogP contribution in [0.1, 0.15) is 155 Å². The number of carbonyl (C=O) groups excluding carboxylic acids is 3. The van der Waals surface area contributed by atoms with E-state index in [2.05, 4.69) is 17.6 Å². The molecule has 0 spiro atoms. The van der Waals surface area contributed by atoms with Gasteiger partial charge in [-0.2, -0.15) is 0 Å². The summed E-state index contributed by atoms with van der Waals surface area (Å²) in [6.45, 7) is 3.03. The first kappa shape index (κ1) is 40.5. The Kier molecular flexibility index (Phi) is 26.7. The molecule has 0 heterocycles. The maximum atomic E-state index is 12.3. The second-order valence-corrected chi connectivity index (χ2v) is 11.8. The average Bonchev–Trinajstić information content (AvgIpc) is 2.96. The lowest BCUT2D eigenvalue weighted by molar-refractivity contribution is -0.142. The zero-order valence-corrected chi connectivity index (χ0v) is 26.8. The highest BCUT2D eigenvalue weighted by Gasteiger charge is 2.21. The first-order valence-corrected chi connectivity index (χ1v) is 16.9. The van der Waals surface area contributed by atoms with Gasteiger partial charge in [0.25, 0.3) is 0 Å². The number of hydrogen-bond donors (Lipinski definition) is 5. The number of carboxylic acid groups (broad SMARTS) is 2. The summed E-state index contributed by atoms with van der Waals surface area (Å²) in [5.41, 5.74) is 5.62. The van der Waals surface area contributed by atoms with Gasteiger partial charge in [0.2, 0.25) is 11.8 Å². The summed E-state index contributed by atoms with van der Waals surface area (Å²) in [6.07, 6.45) is 19.2. The van der Waals surface area contributed by atoms with Crippen molar-refractivity contribution in [2.75, 3.05) is 13.1 Å². The van der Waals surface area contributed by atoms with E-state index in [0.29, 0.717) is 51.6 Å². The second-order valence-electron chi connectivity index (χ2n) is 11.8. The van der Waals surface area contributed by atoms with Gasteiger partial charge in [-0.05, 0) is 45.1 Å². The highest BCUT2D eigenvalue weighted by molar-refractivity contribution is 5.84. The predicted molar refractivity (Wildman–Crippen MR) is 170 cm³/mol. The van der Waals surface area contributed by atoms with Crippen LogP contribution in [0, 0.1) is 5.92 Å². The number of nitrogens with two attached hydrogens (primary N) is 1. The SMILES string of the molecule is CCCCCCCCCCCCCCCC(=O)N[C@@H](CCC(=O)NCCCC[C@H](CCN)C(=O)CCCC(=O)O)C(=O)O. The number of Topliss-reactive ketones (excluding diaryl/α,β-unsaturated/α-hetero) is 1. The molecule has 0 rings (SSSR count). The van der Waals surface area contributed by atoms with Crippen molar-refractivity contribution in [2.24, 2.45) is 11.7 Å². The van der Waals surface area contributed by atoms with Crippen molar-refractivity contribution in [3.8, 4) is 0 Å². The molecule has 0 aliphatic carbocycles. The Morgan fingerprint density at radius 3 is 1.72 bits per heavy atom. The third-order valence-corrected chi connectivity index (χ3v) is 7.89. The Balaban J connectivity index is 3.99. The average molecular weight is 612 g/mol. The molecule has 10 nitrogen and oxygen atoms in total. The molecule has 0 radical (unpaired) electrons. The number of amides is 2. The molecule has 0 aromatic rings. The summed E-state index contributed by atoms with van der Waals surface area (Å²) in [5, 5.41) is 23.5. The minimum absolute atomic E-state index is 0.00610. The third-order valence-electron chi connectivity index (χ3n) is 7.89. The molecule has 0 bridgehead atoms. The van der Waals surface area contributed by atoms with Crippen molar-refractivity contribution in [3.63, 3.8) is 0 Å². The van der Waals surface area contributed by atoms with Crippen LogP contribution in [0.4, 0.5) is 0 Å². The lowest BCUT2D eigenvalue weighted by Crippen LogP contribution is -2.41. The normalized spacial score (nSPS) is 12.4. The first-order valence-electron chi connectivity index (χ1n) is 16.9. The van der Waals surface area contributed by atoms with Crippen LogP contribution in [0.25, 0.3) is 0 Å². The number of carbonyl (C=O) groups is 5. The van der Waals surface area contributed by atoms with Crippen molar-refractivity contribution in [3.05, 3.63) is 0 Å². The van der Waals surface area contributed by atoms with Gasteiger partial charge in [0.1, 0.15) is 11.8 Å². The largest absolute Gasteiger partial charge is 0.481 e. The molecular weight excluding hydrogens is 550 g/mol. The van der Waals surface area contributed by atoms with Gasteiger partial charge >= 0.3 is 11.9 Å². The molecule has 250 valence electrons. The van der Waals surface area contributed by atoms with Gasteiger partial charge in [0.15, 0.2) is 0 Å². The van der Waals surface area contributed by atoms with E-state index in [1.54, 1.807) is 0 Å². The smallest absolute Gasteiger partial charge is 0.326 e. The standard InChI is InChI=1S/C33H61N3O7/c1-2-3-4-5-6-7-8-9-10-11-12-13-14-20-31(39)36-28(33(42)43)22-23-30(38)35-26-16-15-18-27(24-25-34)29(37)19-17-21-32(40)41/h27-28H,2-26,34H2,1H3,(H,35,38)(H,36,39)(H,40,41)(H,42,43)/t27-,28+/m1/s1. The molecule has 0 aliphatic heterocycles. The molecule has 2 atom stereocenters. The number of ketones is 1.